The Kier molecular flexibility index (Phi) is 8.17. The van der Waals surface area contributed by atoms with Crippen LogP contribution in [0.3, 0.4) is 0 Å². The topological polar surface area (TPSA) is 84.9 Å². The Morgan fingerprint density at radius 1 is 1.14 bits per heavy atom. The number of esters is 1. The van der Waals surface area contributed by atoms with E-state index in [2.05, 4.69) is 5.32 Å². The fourth-order valence-electron chi connectivity index (χ4n) is 2.71. The summed E-state index contributed by atoms with van der Waals surface area (Å²) in [4.78, 5) is 24.4. The Balaban J connectivity index is 1.85. The predicted molar refractivity (Wildman–Crippen MR) is 112 cm³/mol. The van der Waals surface area contributed by atoms with Gasteiger partial charge in [0.15, 0.2) is 17.6 Å². The van der Waals surface area contributed by atoms with Crippen LogP contribution in [0.2, 0.25) is 10.0 Å². The van der Waals surface area contributed by atoms with Gasteiger partial charge in [-0.25, -0.2) is 0 Å². The van der Waals surface area contributed by atoms with E-state index in [0.29, 0.717) is 27.8 Å². The van der Waals surface area contributed by atoms with Crippen molar-refractivity contribution in [1.29, 1.82) is 0 Å². The molecule has 0 aliphatic rings. The van der Waals surface area contributed by atoms with Crippen LogP contribution in [-0.2, 0) is 20.7 Å². The van der Waals surface area contributed by atoms with Gasteiger partial charge in [0.1, 0.15) is 0 Å². The Bertz CT molecular complexity index is 887. The van der Waals surface area contributed by atoms with Gasteiger partial charge >= 0.3 is 5.97 Å². The number of carbonyl (C=O) groups excluding carboxylic acids is 2. The second kappa shape index (κ2) is 10.4. The molecule has 0 aliphatic heterocycles. The van der Waals surface area contributed by atoms with E-state index in [4.69, 9.17) is 32.7 Å². The molecule has 2 aromatic rings. The lowest BCUT2D eigenvalue weighted by molar-refractivity contribution is -0.155. The molecule has 2 aromatic carbocycles. The number of hydrogen-bond donors (Lipinski definition) is 2. The molecule has 156 valence electrons. The summed E-state index contributed by atoms with van der Waals surface area (Å²) in [6.45, 7) is 3.28. The van der Waals surface area contributed by atoms with Crippen LogP contribution in [0.25, 0.3) is 0 Å². The summed E-state index contributed by atoms with van der Waals surface area (Å²) in [5, 5.41) is 13.5. The lowest BCUT2D eigenvalue weighted by atomic mass is 10.1. The molecule has 2 unspecified atom stereocenters. The van der Waals surface area contributed by atoms with Gasteiger partial charge in [0.05, 0.1) is 13.2 Å². The number of hydrogen-bond acceptors (Lipinski definition) is 5. The zero-order chi connectivity index (χ0) is 21.6. The molecule has 8 heteroatoms. The molecule has 0 heterocycles. The maximum Gasteiger partial charge on any atom is 0.306 e. The number of halogens is 2. The first-order chi connectivity index (χ1) is 13.7. The number of methoxy groups -OCH3 is 1. The molecule has 0 spiro atoms. The molecule has 0 saturated carbocycles. The van der Waals surface area contributed by atoms with E-state index in [1.165, 1.54) is 20.1 Å². The number of aromatic hydroxyl groups is 1. The van der Waals surface area contributed by atoms with Crippen LogP contribution in [0.5, 0.6) is 11.5 Å². The molecule has 6 nitrogen and oxygen atoms in total. The normalized spacial score (nSPS) is 12.7. The third-order valence-corrected chi connectivity index (χ3v) is 4.89. The van der Waals surface area contributed by atoms with Crippen molar-refractivity contribution < 1.29 is 24.2 Å². The lowest BCUT2D eigenvalue weighted by Gasteiger charge is -2.19. The van der Waals surface area contributed by atoms with E-state index in [1.807, 2.05) is 0 Å². The van der Waals surface area contributed by atoms with Crippen LogP contribution in [0.4, 0.5) is 0 Å². The lowest BCUT2D eigenvalue weighted by Crippen LogP contribution is -2.37. The van der Waals surface area contributed by atoms with Crippen molar-refractivity contribution in [1.82, 2.24) is 5.32 Å². The molecule has 1 amide bonds. The highest BCUT2D eigenvalue weighted by Crippen LogP contribution is 2.27. The van der Waals surface area contributed by atoms with Gasteiger partial charge in [-0.15, -0.1) is 0 Å². The first-order valence-corrected chi connectivity index (χ1v) is 9.77. The minimum atomic E-state index is -0.958. The summed E-state index contributed by atoms with van der Waals surface area (Å²) in [6.07, 6.45) is -0.524. The van der Waals surface area contributed by atoms with E-state index >= 15 is 0 Å². The number of nitrogens with one attached hydrogen (secondary N) is 1. The largest absolute Gasteiger partial charge is 0.504 e. The van der Waals surface area contributed by atoms with Gasteiger partial charge in [0, 0.05) is 16.5 Å². The van der Waals surface area contributed by atoms with E-state index in [-0.39, 0.29) is 18.2 Å². The minimum absolute atomic E-state index is 0.000890. The standard InChI is InChI=1S/C21H23Cl2NO5/c1-12(16-7-6-15(22)11-17(16)23)24-21(27)13(2)29-20(26)9-5-14-4-8-19(28-3)18(25)10-14/h4,6-8,10-13,25H,5,9H2,1-3H3,(H,24,27). The molecule has 0 radical (unpaired) electrons. The minimum Gasteiger partial charge on any atom is -0.504 e. The van der Waals surface area contributed by atoms with Gasteiger partial charge < -0.3 is 19.9 Å². The SMILES string of the molecule is COc1ccc(CCC(=O)OC(C)C(=O)NC(C)c2ccc(Cl)cc2Cl)cc1O. The van der Waals surface area contributed by atoms with Crippen LogP contribution >= 0.6 is 23.2 Å². The van der Waals surface area contributed by atoms with Gasteiger partial charge in [-0.3, -0.25) is 9.59 Å². The molecule has 2 rings (SSSR count). The fraction of sp³-hybridized carbons (Fsp3) is 0.333. The summed E-state index contributed by atoms with van der Waals surface area (Å²) in [5.41, 5.74) is 1.46. The second-order valence-corrected chi connectivity index (χ2v) is 7.38. The van der Waals surface area contributed by atoms with Gasteiger partial charge in [0.2, 0.25) is 0 Å². The maximum absolute atomic E-state index is 12.3. The maximum atomic E-state index is 12.3. The molecule has 29 heavy (non-hydrogen) atoms. The number of rotatable bonds is 8. The Morgan fingerprint density at radius 2 is 1.86 bits per heavy atom. The summed E-state index contributed by atoms with van der Waals surface area (Å²) in [6, 6.07) is 9.54. The molecule has 0 aromatic heterocycles. The highest BCUT2D eigenvalue weighted by molar-refractivity contribution is 6.35. The Morgan fingerprint density at radius 3 is 2.48 bits per heavy atom. The van der Waals surface area contributed by atoms with Gasteiger partial charge in [-0.1, -0.05) is 35.3 Å². The third-order valence-electron chi connectivity index (χ3n) is 4.33. The smallest absolute Gasteiger partial charge is 0.306 e. The van der Waals surface area contributed by atoms with Crippen molar-refractivity contribution in [3.05, 3.63) is 57.6 Å². The first-order valence-electron chi connectivity index (χ1n) is 9.02. The number of amides is 1. The molecule has 2 N–H and O–H groups in total. The molecule has 0 fully saturated rings. The highest BCUT2D eigenvalue weighted by atomic mass is 35.5. The van der Waals surface area contributed by atoms with Crippen molar-refractivity contribution in [2.45, 2.75) is 38.8 Å². The summed E-state index contributed by atoms with van der Waals surface area (Å²) in [5.74, 6) is -0.586. The Hall–Kier alpha value is -2.44. The third kappa shape index (κ3) is 6.54. The zero-order valence-electron chi connectivity index (χ0n) is 16.4. The van der Waals surface area contributed by atoms with Crippen LogP contribution in [0, 0.1) is 0 Å². The Labute approximate surface area is 179 Å². The van der Waals surface area contributed by atoms with Crippen LogP contribution in [-0.4, -0.2) is 30.2 Å². The monoisotopic (exact) mass is 439 g/mol. The van der Waals surface area contributed by atoms with Crippen LogP contribution < -0.4 is 10.1 Å². The van der Waals surface area contributed by atoms with E-state index < -0.39 is 18.0 Å². The summed E-state index contributed by atoms with van der Waals surface area (Å²) < 4.78 is 10.2. The van der Waals surface area contributed by atoms with E-state index in [9.17, 15) is 14.7 Å². The van der Waals surface area contributed by atoms with Crippen LogP contribution in [0.15, 0.2) is 36.4 Å². The first kappa shape index (κ1) is 22.8. The number of ether oxygens (including phenoxy) is 2. The quantitative estimate of drug-likeness (QED) is 0.593. The molecule has 0 aliphatic carbocycles. The number of aryl methyl sites for hydroxylation is 1. The van der Waals surface area contributed by atoms with Gasteiger partial charge in [-0.2, -0.15) is 0 Å². The van der Waals surface area contributed by atoms with Gasteiger partial charge in [0.25, 0.3) is 5.91 Å². The number of phenolic OH excluding ortho intramolecular Hbond substituents is 1. The molecular formula is C21H23Cl2NO5. The average molecular weight is 440 g/mol. The van der Waals surface area contributed by atoms with Crippen LogP contribution in [0.1, 0.15) is 37.4 Å². The number of carbonyl (C=O) groups is 2. The highest BCUT2D eigenvalue weighted by Gasteiger charge is 2.21. The molecule has 0 bridgehead atoms. The van der Waals surface area contributed by atoms with E-state index in [1.54, 1.807) is 37.3 Å². The number of benzene rings is 2. The second-order valence-electron chi connectivity index (χ2n) is 6.53. The molecule has 0 saturated heterocycles. The van der Waals surface area contributed by atoms with Gasteiger partial charge in [-0.05, 0) is 55.7 Å². The zero-order valence-corrected chi connectivity index (χ0v) is 17.9. The van der Waals surface area contributed by atoms with Crippen molar-refractivity contribution in [3.63, 3.8) is 0 Å². The van der Waals surface area contributed by atoms with Crippen molar-refractivity contribution in [2.24, 2.45) is 0 Å². The predicted octanol–water partition coefficient (Wildman–Crippen LogP) is 4.45. The van der Waals surface area contributed by atoms with Crippen molar-refractivity contribution >= 4 is 35.1 Å². The summed E-state index contributed by atoms with van der Waals surface area (Å²) >= 11 is 12.0. The summed E-state index contributed by atoms with van der Waals surface area (Å²) in [7, 11) is 1.46. The molecular weight excluding hydrogens is 417 g/mol. The van der Waals surface area contributed by atoms with Crippen molar-refractivity contribution in [3.8, 4) is 11.5 Å². The van der Waals surface area contributed by atoms with E-state index in [0.717, 1.165) is 5.56 Å². The average Bonchev–Trinajstić information content (AvgIpc) is 2.66. The van der Waals surface area contributed by atoms with Crippen molar-refractivity contribution in [2.75, 3.05) is 7.11 Å². The number of phenols is 1. The fourth-order valence-corrected chi connectivity index (χ4v) is 3.28. The molecule has 2 atom stereocenters.